The van der Waals surface area contributed by atoms with Crippen LogP contribution in [-0.2, 0) is 31.0 Å². The van der Waals surface area contributed by atoms with Gasteiger partial charge in [0.15, 0.2) is 0 Å². The van der Waals surface area contributed by atoms with E-state index in [9.17, 15) is 23.1 Å². The Hall–Kier alpha value is -3.23. The molecule has 0 heterocycles. The van der Waals surface area contributed by atoms with Crippen molar-refractivity contribution in [2.24, 2.45) is 0 Å². The van der Waals surface area contributed by atoms with Gasteiger partial charge in [0.1, 0.15) is 12.6 Å². The Balaban J connectivity index is 1.69. The molecule has 0 spiro atoms. The molecule has 8 heteroatoms. The monoisotopic (exact) mass is 413 g/mol. The van der Waals surface area contributed by atoms with Gasteiger partial charge in [0.2, 0.25) is 10.0 Å². The Morgan fingerprint density at radius 3 is 2.28 bits per heavy atom. The fraction of sp³-hybridized carbons (Fsp3) is 0.143. The third-order valence-electron chi connectivity index (χ3n) is 4.24. The Morgan fingerprint density at radius 2 is 1.59 bits per heavy atom. The van der Waals surface area contributed by atoms with Crippen LogP contribution < -0.4 is 4.72 Å². The number of carbonyl (C=O) groups excluding carboxylic acids is 1. The van der Waals surface area contributed by atoms with Gasteiger partial charge in [0.05, 0.1) is 11.3 Å². The molecule has 0 fully saturated rings. The maximum absolute atomic E-state index is 12.6. The van der Waals surface area contributed by atoms with Crippen molar-refractivity contribution < 1.29 is 27.9 Å². The number of carboxylic acid groups (broad SMARTS) is 1. The van der Waals surface area contributed by atoms with E-state index in [0.29, 0.717) is 5.39 Å². The van der Waals surface area contributed by atoms with E-state index >= 15 is 0 Å². The maximum Gasteiger partial charge on any atom is 0.322 e. The smallest absolute Gasteiger partial charge is 0.322 e. The van der Waals surface area contributed by atoms with Crippen LogP contribution in [0.4, 0.5) is 0 Å². The van der Waals surface area contributed by atoms with Crippen LogP contribution in [0.2, 0.25) is 0 Å². The lowest BCUT2D eigenvalue weighted by molar-refractivity contribution is -0.150. The molecule has 7 nitrogen and oxygen atoms in total. The highest BCUT2D eigenvalue weighted by Crippen LogP contribution is 2.19. The highest BCUT2D eigenvalue weighted by atomic mass is 32.2. The summed E-state index contributed by atoms with van der Waals surface area (Å²) in [6.07, 6.45) is -0.630. The highest BCUT2D eigenvalue weighted by Gasteiger charge is 2.28. The minimum atomic E-state index is -4.15. The van der Waals surface area contributed by atoms with Gasteiger partial charge in [-0.3, -0.25) is 9.59 Å². The van der Waals surface area contributed by atoms with E-state index in [1.807, 2.05) is 18.2 Å². The van der Waals surface area contributed by atoms with Crippen LogP contribution in [0.1, 0.15) is 12.0 Å². The van der Waals surface area contributed by atoms with Crippen molar-refractivity contribution in [1.29, 1.82) is 0 Å². The van der Waals surface area contributed by atoms with Crippen LogP contribution in [0.25, 0.3) is 10.8 Å². The molecule has 29 heavy (non-hydrogen) atoms. The lowest BCUT2D eigenvalue weighted by Crippen LogP contribution is -2.42. The molecule has 3 rings (SSSR count). The third-order valence-corrected chi connectivity index (χ3v) is 5.71. The van der Waals surface area contributed by atoms with E-state index in [-0.39, 0.29) is 11.5 Å². The number of esters is 1. The van der Waals surface area contributed by atoms with Gasteiger partial charge in [-0.15, -0.1) is 0 Å². The molecule has 0 aliphatic carbocycles. The molecule has 2 N–H and O–H groups in total. The van der Waals surface area contributed by atoms with E-state index < -0.39 is 34.4 Å². The number of carboxylic acids is 1. The van der Waals surface area contributed by atoms with Crippen molar-refractivity contribution >= 4 is 32.7 Å². The molecule has 150 valence electrons. The van der Waals surface area contributed by atoms with Crippen LogP contribution >= 0.6 is 0 Å². The van der Waals surface area contributed by atoms with E-state index in [1.54, 1.807) is 42.5 Å². The van der Waals surface area contributed by atoms with Gasteiger partial charge in [0, 0.05) is 0 Å². The minimum Gasteiger partial charge on any atom is -0.480 e. The molecule has 0 saturated carbocycles. The number of benzene rings is 3. The average Bonchev–Trinajstić information content (AvgIpc) is 2.72. The largest absolute Gasteiger partial charge is 0.480 e. The van der Waals surface area contributed by atoms with Gasteiger partial charge in [-0.2, -0.15) is 4.72 Å². The Labute approximate surface area is 168 Å². The lowest BCUT2D eigenvalue weighted by Gasteiger charge is -2.15. The number of fused-ring (bicyclic) bond motifs is 1. The molecular formula is C21H19NO6S. The zero-order valence-electron chi connectivity index (χ0n) is 15.3. The third kappa shape index (κ3) is 5.40. The molecule has 3 aromatic carbocycles. The Morgan fingerprint density at radius 1 is 0.931 bits per heavy atom. The molecule has 3 aromatic rings. The zero-order valence-corrected chi connectivity index (χ0v) is 16.1. The Bertz CT molecular complexity index is 1130. The molecule has 0 aromatic heterocycles. The van der Waals surface area contributed by atoms with Crippen LogP contribution in [-0.4, -0.2) is 31.5 Å². The second-order valence-electron chi connectivity index (χ2n) is 6.37. The first-order valence-corrected chi connectivity index (χ1v) is 10.3. The molecule has 0 amide bonds. The quantitative estimate of drug-likeness (QED) is 0.550. The molecule has 0 bridgehead atoms. The number of rotatable bonds is 8. The summed E-state index contributed by atoms with van der Waals surface area (Å²) in [5, 5.41) is 10.9. The topological polar surface area (TPSA) is 110 Å². The van der Waals surface area contributed by atoms with Crippen molar-refractivity contribution in [2.45, 2.75) is 24.0 Å². The van der Waals surface area contributed by atoms with Crippen LogP contribution in [0.5, 0.6) is 0 Å². The van der Waals surface area contributed by atoms with Gasteiger partial charge < -0.3 is 9.84 Å². The fourth-order valence-corrected chi connectivity index (χ4v) is 3.96. The maximum atomic E-state index is 12.6. The van der Waals surface area contributed by atoms with Gasteiger partial charge in [0.25, 0.3) is 0 Å². The number of nitrogens with one attached hydrogen (secondary N) is 1. The summed E-state index contributed by atoms with van der Waals surface area (Å²) in [6.45, 7) is -0.0244. The van der Waals surface area contributed by atoms with Crippen molar-refractivity contribution in [3.63, 3.8) is 0 Å². The summed E-state index contributed by atoms with van der Waals surface area (Å²) in [5.41, 5.74) is 0.740. The van der Waals surface area contributed by atoms with Gasteiger partial charge in [-0.1, -0.05) is 60.7 Å². The van der Waals surface area contributed by atoms with Crippen molar-refractivity contribution in [3.05, 3.63) is 78.4 Å². The number of aliphatic carboxylic acids is 1. The zero-order chi connectivity index (χ0) is 20.9. The Kier molecular flexibility index (Phi) is 6.26. The lowest BCUT2D eigenvalue weighted by atomic mass is 10.1. The second-order valence-corrected chi connectivity index (χ2v) is 8.09. The predicted octanol–water partition coefficient (Wildman–Crippen LogP) is 2.70. The highest BCUT2D eigenvalue weighted by molar-refractivity contribution is 7.89. The van der Waals surface area contributed by atoms with Crippen molar-refractivity contribution in [2.75, 3.05) is 0 Å². The van der Waals surface area contributed by atoms with Crippen molar-refractivity contribution in [3.8, 4) is 0 Å². The fourth-order valence-electron chi connectivity index (χ4n) is 2.73. The van der Waals surface area contributed by atoms with E-state index in [2.05, 4.69) is 4.72 Å². The first-order chi connectivity index (χ1) is 13.8. The van der Waals surface area contributed by atoms with Gasteiger partial charge >= 0.3 is 11.9 Å². The van der Waals surface area contributed by atoms with E-state index in [0.717, 1.165) is 10.9 Å². The second kappa shape index (κ2) is 8.85. The average molecular weight is 413 g/mol. The first kappa shape index (κ1) is 20.5. The summed E-state index contributed by atoms with van der Waals surface area (Å²) < 4.78 is 32.4. The molecular weight excluding hydrogens is 394 g/mol. The molecule has 0 saturated heterocycles. The summed E-state index contributed by atoms with van der Waals surface area (Å²) in [4.78, 5) is 23.4. The molecule has 0 aliphatic rings. The standard InChI is InChI=1S/C21H19NO6S/c23-20(28-14-15-6-2-1-3-7-15)13-19(21(24)25)22-29(26,27)18-11-10-16-8-4-5-9-17(16)12-18/h1-12,19,22H,13-14H2,(H,24,25)/t19-/m1/s1. The number of carbonyl (C=O) groups is 2. The number of ether oxygens (including phenoxy) is 1. The SMILES string of the molecule is O=C(C[C@@H](NS(=O)(=O)c1ccc2ccccc2c1)C(=O)O)OCc1ccccc1. The molecule has 0 unspecified atom stereocenters. The van der Waals surface area contributed by atoms with E-state index in [1.165, 1.54) is 12.1 Å². The minimum absolute atomic E-state index is 0.0244. The van der Waals surface area contributed by atoms with Crippen LogP contribution in [0.15, 0.2) is 77.7 Å². The summed E-state index contributed by atoms with van der Waals surface area (Å²) in [7, 11) is -4.15. The van der Waals surface area contributed by atoms with E-state index in [4.69, 9.17) is 4.74 Å². The first-order valence-electron chi connectivity index (χ1n) is 8.79. The van der Waals surface area contributed by atoms with Gasteiger partial charge in [-0.05, 0) is 28.5 Å². The number of hydrogen-bond donors (Lipinski definition) is 2. The van der Waals surface area contributed by atoms with Crippen LogP contribution in [0.3, 0.4) is 0 Å². The van der Waals surface area contributed by atoms with Gasteiger partial charge in [-0.25, -0.2) is 8.42 Å². The van der Waals surface area contributed by atoms with Crippen LogP contribution in [0, 0.1) is 0 Å². The predicted molar refractivity (Wildman–Crippen MR) is 107 cm³/mol. The normalized spacial score (nSPS) is 12.4. The number of hydrogen-bond acceptors (Lipinski definition) is 5. The van der Waals surface area contributed by atoms with Crippen molar-refractivity contribution in [1.82, 2.24) is 4.72 Å². The number of sulfonamides is 1. The summed E-state index contributed by atoms with van der Waals surface area (Å²) in [5.74, 6) is -2.28. The molecule has 1 atom stereocenters. The summed E-state index contributed by atoms with van der Waals surface area (Å²) >= 11 is 0. The molecule has 0 aliphatic heterocycles. The summed E-state index contributed by atoms with van der Waals surface area (Å²) in [6, 6.07) is 18.9. The molecule has 0 radical (unpaired) electrons.